The average molecular weight is 1650 g/mol. The molecule has 8 fully saturated rings. The lowest BCUT2D eigenvalue weighted by molar-refractivity contribution is -0.234. The van der Waals surface area contributed by atoms with Crippen LogP contribution in [0.2, 0.25) is 0 Å². The van der Waals surface area contributed by atoms with Crippen LogP contribution in [0.3, 0.4) is 0 Å². The van der Waals surface area contributed by atoms with Gasteiger partial charge < -0.3 is 66.3 Å². The number of benzene rings is 1. The maximum absolute atomic E-state index is 12.4. The molecule has 1 aromatic rings. The number of hydrogen-bond donors (Lipinski definition) is 0. The molecule has 0 spiro atoms. The quantitative estimate of drug-likeness (QED) is 0.0382. The van der Waals surface area contributed by atoms with E-state index in [9.17, 15) is 28.8 Å². The summed E-state index contributed by atoms with van der Waals surface area (Å²) in [4.78, 5) is 72.4. The zero-order valence-electron chi connectivity index (χ0n) is 77.7. The summed E-state index contributed by atoms with van der Waals surface area (Å²) in [6, 6.07) is 10.3. The molecule has 1 saturated heterocycles. The van der Waals surface area contributed by atoms with E-state index >= 15 is 0 Å². The SMILES string of the molecule is CCC(C)(C)C(=O)OC1CCC(OC(=O)OC(C)(C)C)CC1.CCC(C)(C)C(=O)OC1CCC(OC(C)c2ccccc2)CC1.CCC(C)(C)C(=O)OC1CCC(OC(OC2CCCCC2)C2CCCCC2)CC1.CCC(C)(C)C(=O)OC1CCC(OC2CCCCO2)CC1.CCOC(OC1CCC(OC(=O)C(C)(C)CC)CC1)C(C)C. The second kappa shape index (κ2) is 51.6. The molecule has 9 rings (SSSR count). The summed E-state index contributed by atoms with van der Waals surface area (Å²) < 4.78 is 81.6. The van der Waals surface area contributed by atoms with E-state index in [2.05, 4.69) is 32.9 Å². The highest BCUT2D eigenvalue weighted by molar-refractivity contribution is 5.78. The van der Waals surface area contributed by atoms with Crippen LogP contribution in [0.1, 0.15) is 408 Å². The molecule has 4 atom stereocenters. The summed E-state index contributed by atoms with van der Waals surface area (Å²) >= 11 is 0. The Labute approximate surface area is 709 Å². The van der Waals surface area contributed by atoms with Crippen molar-refractivity contribution < 1.29 is 95.1 Å². The fourth-order valence-corrected chi connectivity index (χ4v) is 15.2. The maximum atomic E-state index is 12.4. The first-order chi connectivity index (χ1) is 55.2. The largest absolute Gasteiger partial charge is 0.509 e. The van der Waals surface area contributed by atoms with Crippen molar-refractivity contribution in [1.29, 1.82) is 0 Å². The maximum Gasteiger partial charge on any atom is 0.509 e. The van der Waals surface area contributed by atoms with Crippen molar-refractivity contribution in [1.82, 2.24) is 0 Å². The minimum absolute atomic E-state index is 0.0122. The van der Waals surface area contributed by atoms with Gasteiger partial charge in [-0.25, -0.2) is 4.79 Å². The zero-order chi connectivity index (χ0) is 86.6. The van der Waals surface area contributed by atoms with E-state index in [1.165, 1.54) is 76.2 Å². The highest BCUT2D eigenvalue weighted by Crippen LogP contribution is 2.39. The van der Waals surface area contributed by atoms with Crippen LogP contribution in [-0.4, -0.2) is 141 Å². The third-order valence-corrected chi connectivity index (χ3v) is 25.9. The van der Waals surface area contributed by atoms with E-state index in [0.717, 1.165) is 167 Å². The minimum Gasteiger partial charge on any atom is -0.462 e. The molecule has 1 heterocycles. The molecule has 0 aromatic heterocycles. The monoisotopic (exact) mass is 1650 g/mol. The average Bonchev–Trinajstić information content (AvgIpc) is 0.868. The van der Waals surface area contributed by atoms with Crippen molar-refractivity contribution in [2.24, 2.45) is 38.9 Å². The highest BCUT2D eigenvalue weighted by Gasteiger charge is 2.40. The summed E-state index contributed by atoms with van der Waals surface area (Å²) in [5.74, 6) is 0.504. The molecular formula is C97H168O20. The van der Waals surface area contributed by atoms with Crippen LogP contribution in [0.15, 0.2) is 30.3 Å². The Morgan fingerprint density at radius 1 is 0.350 bits per heavy atom. The third-order valence-electron chi connectivity index (χ3n) is 25.9. The van der Waals surface area contributed by atoms with Crippen molar-refractivity contribution in [3.63, 3.8) is 0 Å². The van der Waals surface area contributed by atoms with Crippen LogP contribution in [-0.2, 0) is 90.3 Å². The molecule has 676 valence electrons. The first-order valence-electron chi connectivity index (χ1n) is 46.7. The van der Waals surface area contributed by atoms with Gasteiger partial charge in [0.2, 0.25) is 0 Å². The predicted octanol–water partition coefficient (Wildman–Crippen LogP) is 24.0. The molecule has 7 saturated carbocycles. The van der Waals surface area contributed by atoms with Crippen molar-refractivity contribution in [3.8, 4) is 0 Å². The van der Waals surface area contributed by atoms with Crippen LogP contribution in [0.4, 0.5) is 4.79 Å². The van der Waals surface area contributed by atoms with Gasteiger partial charge in [-0.15, -0.1) is 0 Å². The predicted molar refractivity (Wildman–Crippen MR) is 460 cm³/mol. The second-order valence-electron chi connectivity index (χ2n) is 39.4. The smallest absolute Gasteiger partial charge is 0.462 e. The van der Waals surface area contributed by atoms with E-state index in [0.29, 0.717) is 37.4 Å². The number of hydrogen-bond acceptors (Lipinski definition) is 20. The molecule has 1 aliphatic heterocycles. The summed E-state index contributed by atoms with van der Waals surface area (Å²) in [6.45, 7) is 44.7. The molecule has 4 unspecified atom stereocenters. The van der Waals surface area contributed by atoms with Crippen molar-refractivity contribution in [3.05, 3.63) is 35.9 Å². The fourth-order valence-electron chi connectivity index (χ4n) is 15.2. The number of carbonyl (C=O) groups excluding carboxylic acids is 6. The molecule has 8 aliphatic rings. The van der Waals surface area contributed by atoms with Crippen molar-refractivity contribution in [2.75, 3.05) is 13.2 Å². The van der Waals surface area contributed by atoms with E-state index in [-0.39, 0.29) is 138 Å². The molecule has 7 aliphatic carbocycles. The molecule has 0 amide bonds. The van der Waals surface area contributed by atoms with Crippen LogP contribution in [0, 0.1) is 38.9 Å². The Morgan fingerprint density at radius 2 is 0.658 bits per heavy atom. The molecule has 20 heteroatoms. The van der Waals surface area contributed by atoms with E-state index < -0.39 is 17.2 Å². The normalized spacial score (nSPS) is 26.1. The zero-order valence-corrected chi connectivity index (χ0v) is 77.7. The lowest BCUT2D eigenvalue weighted by Crippen LogP contribution is -2.39. The van der Waals surface area contributed by atoms with Crippen molar-refractivity contribution >= 4 is 36.0 Å². The molecule has 0 N–H and O–H groups in total. The summed E-state index contributed by atoms with van der Waals surface area (Å²) in [7, 11) is 0. The fraction of sp³-hybridized carbons (Fsp3) is 0.876. The van der Waals surface area contributed by atoms with Gasteiger partial charge >= 0.3 is 36.0 Å². The molecule has 0 radical (unpaired) electrons. The second-order valence-corrected chi connectivity index (χ2v) is 39.4. The Bertz CT molecular complexity index is 2920. The van der Waals surface area contributed by atoms with Gasteiger partial charge in [0.15, 0.2) is 18.9 Å². The van der Waals surface area contributed by atoms with Gasteiger partial charge in [-0.3, -0.25) is 24.0 Å². The molecule has 1 aromatic carbocycles. The van der Waals surface area contributed by atoms with E-state index in [4.69, 9.17) is 66.3 Å². The van der Waals surface area contributed by atoms with Gasteiger partial charge in [0.05, 0.1) is 63.7 Å². The molecule has 20 nitrogen and oxygen atoms in total. The Morgan fingerprint density at radius 3 is 0.983 bits per heavy atom. The first-order valence-corrected chi connectivity index (χ1v) is 46.7. The molecule has 0 bridgehead atoms. The number of esters is 5. The van der Waals surface area contributed by atoms with Gasteiger partial charge in [-0.1, -0.05) is 117 Å². The van der Waals surface area contributed by atoms with Gasteiger partial charge in [-0.2, -0.15) is 0 Å². The molecule has 117 heavy (non-hydrogen) atoms. The number of carbonyl (C=O) groups is 6. The topological polar surface area (TPSA) is 232 Å². The van der Waals surface area contributed by atoms with Crippen LogP contribution in [0.25, 0.3) is 0 Å². The summed E-state index contributed by atoms with van der Waals surface area (Å²) in [6.07, 6.45) is 38.6. The Kier molecular flexibility index (Phi) is 45.5. The first kappa shape index (κ1) is 103. The minimum atomic E-state index is -0.625. The highest BCUT2D eigenvalue weighted by atomic mass is 16.7. The number of ether oxygens (including phenoxy) is 14. The van der Waals surface area contributed by atoms with Crippen LogP contribution >= 0.6 is 0 Å². The number of rotatable bonds is 31. The van der Waals surface area contributed by atoms with Crippen molar-refractivity contribution in [2.45, 2.75) is 494 Å². The van der Waals surface area contributed by atoms with Gasteiger partial charge in [0.1, 0.15) is 42.2 Å². The van der Waals surface area contributed by atoms with E-state index in [1.807, 2.05) is 129 Å². The molecular weight excluding hydrogens is 1490 g/mol. The Balaban J connectivity index is 0.000000262. The summed E-state index contributed by atoms with van der Waals surface area (Å²) in [5, 5.41) is 0. The lowest BCUT2D eigenvalue weighted by atomic mass is 9.88. The summed E-state index contributed by atoms with van der Waals surface area (Å²) in [5.41, 5.74) is -1.29. The van der Waals surface area contributed by atoms with E-state index in [1.54, 1.807) is 20.8 Å². The van der Waals surface area contributed by atoms with Gasteiger partial charge in [-0.05, 0) is 315 Å². The van der Waals surface area contributed by atoms with Crippen LogP contribution in [0.5, 0.6) is 0 Å². The third kappa shape index (κ3) is 38.5. The Hall–Kier alpha value is -4.44. The van der Waals surface area contributed by atoms with Gasteiger partial charge in [0.25, 0.3) is 0 Å². The standard InChI is InChI=1S/C25H44O4.C20H30O3.C18H34O4.C17H30O5.C17H30O4/c1-4-25(2,3)24(26)29-22-17-15-21(16-18-22)28-23(19-11-7-5-8-12-19)27-20-13-9-6-10-14-20;1-5-20(3,4)19(21)23-18-13-11-17(12-14-18)22-15(2)16-9-7-6-8-10-16;1-7-18(5,6)17(19)22-15-11-9-14(10-12-15)21-16(13(3)4)20-8-2;1-7-17(5,6)14(18)20-12-8-10-13(11-9-12)21-15(19)22-16(2,3)4;1-4-17(2,3)16(18)21-14-10-8-13(9-11-14)20-15-7-5-6-12-19-15/h19-23H,4-18H2,1-3H3;6-10,15,17-18H,5,11-14H2,1-4H3;13-16H,7-12H2,1-6H3;12-13H,7-11H2,1-6H3;13-15H,4-12H2,1-3H3. The van der Waals surface area contributed by atoms with Crippen LogP contribution < -0.4 is 0 Å². The lowest BCUT2D eigenvalue weighted by Gasteiger charge is -2.38. The van der Waals surface area contributed by atoms with Gasteiger partial charge in [0, 0.05) is 25.0 Å².